The average Bonchev–Trinajstić information content (AvgIpc) is 3.45. The van der Waals surface area contributed by atoms with E-state index in [1.807, 2.05) is 18.2 Å². The normalized spacial score (nSPS) is 31.0. The minimum absolute atomic E-state index is 0.161. The van der Waals surface area contributed by atoms with Gasteiger partial charge in [0.15, 0.2) is 18.9 Å². The molecular formula is C59H101NO18. The van der Waals surface area contributed by atoms with Crippen LogP contribution in [0.3, 0.4) is 0 Å². The van der Waals surface area contributed by atoms with E-state index in [4.69, 9.17) is 28.4 Å². The average molecular weight is 1110 g/mol. The van der Waals surface area contributed by atoms with Crippen LogP contribution in [0.1, 0.15) is 162 Å². The zero-order chi connectivity index (χ0) is 56.9. The summed E-state index contributed by atoms with van der Waals surface area (Å²) in [6.07, 6.45) is 21.7. The monoisotopic (exact) mass is 1110 g/mol. The Morgan fingerprint density at radius 3 is 1.37 bits per heavy atom. The van der Waals surface area contributed by atoms with E-state index < -0.39 is 124 Å². The van der Waals surface area contributed by atoms with Crippen LogP contribution in [-0.4, -0.2) is 193 Å². The molecule has 3 rings (SSSR count). The van der Waals surface area contributed by atoms with Crippen LogP contribution in [-0.2, 0) is 33.2 Å². The smallest absolute Gasteiger partial charge is 0.220 e. The van der Waals surface area contributed by atoms with Crippen molar-refractivity contribution in [3.63, 3.8) is 0 Å². The fourth-order valence-corrected chi connectivity index (χ4v) is 9.46. The number of unbranched alkanes of at least 4 members (excludes halogenated alkanes) is 15. The lowest BCUT2D eigenvalue weighted by atomic mass is 9.96. The van der Waals surface area contributed by atoms with Gasteiger partial charge in [0, 0.05) is 6.42 Å². The molecule has 3 saturated heterocycles. The van der Waals surface area contributed by atoms with Gasteiger partial charge in [-0.05, 0) is 57.8 Å². The molecule has 19 heteroatoms. The highest BCUT2D eigenvalue weighted by Crippen LogP contribution is 2.33. The quantitative estimate of drug-likeness (QED) is 0.0293. The Morgan fingerprint density at radius 1 is 0.474 bits per heavy atom. The van der Waals surface area contributed by atoms with Gasteiger partial charge in [-0.3, -0.25) is 4.79 Å². The number of carbonyl (C=O) groups is 1. The van der Waals surface area contributed by atoms with Gasteiger partial charge in [-0.25, -0.2) is 0 Å². The van der Waals surface area contributed by atoms with Gasteiger partial charge in [0.2, 0.25) is 5.91 Å². The van der Waals surface area contributed by atoms with Crippen molar-refractivity contribution in [3.8, 4) is 0 Å². The molecule has 0 radical (unpaired) electrons. The van der Waals surface area contributed by atoms with Crippen molar-refractivity contribution in [2.75, 3.05) is 26.4 Å². The Kier molecular flexibility index (Phi) is 37.5. The molecule has 0 aromatic heterocycles. The van der Waals surface area contributed by atoms with Gasteiger partial charge in [-0.2, -0.15) is 0 Å². The second-order valence-corrected chi connectivity index (χ2v) is 20.7. The lowest BCUT2D eigenvalue weighted by molar-refractivity contribution is -0.379. The van der Waals surface area contributed by atoms with Crippen LogP contribution in [0.15, 0.2) is 72.9 Å². The molecule has 3 fully saturated rings. The second kappa shape index (κ2) is 42.1. The minimum atomic E-state index is -1.99. The molecule has 450 valence electrons. The summed E-state index contributed by atoms with van der Waals surface area (Å²) < 4.78 is 34.2. The number of amides is 1. The van der Waals surface area contributed by atoms with Gasteiger partial charge in [0.25, 0.3) is 0 Å². The van der Waals surface area contributed by atoms with Gasteiger partial charge < -0.3 is 89.9 Å². The van der Waals surface area contributed by atoms with Gasteiger partial charge in [0.1, 0.15) is 73.2 Å². The molecule has 0 bridgehead atoms. The number of nitrogens with one attached hydrogen (secondary N) is 1. The number of ether oxygens (including phenoxy) is 6. The van der Waals surface area contributed by atoms with E-state index in [0.29, 0.717) is 12.8 Å². The summed E-state index contributed by atoms with van der Waals surface area (Å²) in [6, 6.07) is -1.01. The molecule has 12 N–H and O–H groups in total. The van der Waals surface area contributed by atoms with Crippen LogP contribution in [0.4, 0.5) is 0 Å². The van der Waals surface area contributed by atoms with Crippen molar-refractivity contribution in [1.82, 2.24) is 5.32 Å². The van der Waals surface area contributed by atoms with E-state index in [9.17, 15) is 61.0 Å². The standard InChI is InChI=1S/C59H101NO18/c1-3-5-7-9-11-13-15-17-19-21-23-25-27-29-31-33-35-37-47(65)60-42(43(64)36-34-32-30-28-26-24-22-20-18-16-14-12-10-8-6-4-2)41-73-57-53(71)50(68)55(45(39-62)75-57)78-59-54(72)51(69)56(46(40-63)76-59)77-58-52(70)49(67)48(66)44(38-61)74-58/h5,7,11,13,17,19,23,25,29,31,34,36,42-46,48-59,61-64,66-72H,3-4,6,8-10,12,14-16,18,20-22,24,26-28,30,32-33,35,37-41H2,1-2H3,(H,60,65)/b7-5-,13-11-,19-17-,25-23-,31-29-,36-34+. The van der Waals surface area contributed by atoms with Crippen LogP contribution in [0.5, 0.6) is 0 Å². The first-order chi connectivity index (χ1) is 37.8. The van der Waals surface area contributed by atoms with E-state index >= 15 is 0 Å². The number of aliphatic hydroxyl groups is 11. The van der Waals surface area contributed by atoms with E-state index in [2.05, 4.69) is 67.8 Å². The van der Waals surface area contributed by atoms with Crippen molar-refractivity contribution >= 4 is 5.91 Å². The van der Waals surface area contributed by atoms with Crippen molar-refractivity contribution < 1.29 is 89.4 Å². The van der Waals surface area contributed by atoms with Gasteiger partial charge in [-0.15, -0.1) is 0 Å². The van der Waals surface area contributed by atoms with Gasteiger partial charge in [0.05, 0.1) is 38.6 Å². The molecule has 17 unspecified atom stereocenters. The maximum atomic E-state index is 13.3. The Hall–Kier alpha value is -2.77. The first-order valence-corrected chi connectivity index (χ1v) is 29.2. The van der Waals surface area contributed by atoms with E-state index in [1.54, 1.807) is 6.08 Å². The molecule has 0 aromatic carbocycles. The number of hydrogen-bond donors (Lipinski definition) is 12. The molecule has 3 heterocycles. The Bertz CT molecular complexity index is 1710. The van der Waals surface area contributed by atoms with Crippen molar-refractivity contribution in [2.24, 2.45) is 0 Å². The lowest BCUT2D eigenvalue weighted by Crippen LogP contribution is -2.66. The van der Waals surface area contributed by atoms with E-state index in [0.717, 1.165) is 57.8 Å². The largest absolute Gasteiger partial charge is 0.394 e. The molecule has 0 aromatic rings. The fraction of sp³-hybridized carbons (Fsp3) is 0.780. The molecular weight excluding hydrogens is 1010 g/mol. The molecule has 0 aliphatic carbocycles. The minimum Gasteiger partial charge on any atom is -0.394 e. The van der Waals surface area contributed by atoms with Crippen LogP contribution in [0.2, 0.25) is 0 Å². The van der Waals surface area contributed by atoms with E-state index in [1.165, 1.54) is 70.6 Å². The Morgan fingerprint density at radius 2 is 0.885 bits per heavy atom. The zero-order valence-electron chi connectivity index (χ0n) is 46.6. The topological polar surface area (TPSA) is 307 Å². The molecule has 1 amide bonds. The third kappa shape index (κ3) is 26.0. The zero-order valence-corrected chi connectivity index (χ0v) is 46.6. The van der Waals surface area contributed by atoms with Crippen LogP contribution in [0, 0.1) is 0 Å². The Balaban J connectivity index is 1.54. The van der Waals surface area contributed by atoms with Crippen molar-refractivity contribution in [3.05, 3.63) is 72.9 Å². The predicted octanol–water partition coefficient (Wildman–Crippen LogP) is 4.65. The summed E-state index contributed by atoms with van der Waals surface area (Å²) >= 11 is 0. The number of allylic oxidation sites excluding steroid dienone is 11. The Labute approximate surface area is 464 Å². The van der Waals surface area contributed by atoms with Crippen molar-refractivity contribution in [1.29, 1.82) is 0 Å². The summed E-state index contributed by atoms with van der Waals surface area (Å²) in [5.41, 5.74) is 0. The number of hydrogen-bond acceptors (Lipinski definition) is 18. The third-order valence-corrected chi connectivity index (χ3v) is 14.3. The molecule has 0 spiro atoms. The lowest BCUT2D eigenvalue weighted by Gasteiger charge is -2.48. The van der Waals surface area contributed by atoms with Gasteiger partial charge >= 0.3 is 0 Å². The number of aliphatic hydroxyl groups excluding tert-OH is 11. The van der Waals surface area contributed by atoms with Gasteiger partial charge in [-0.1, -0.05) is 170 Å². The van der Waals surface area contributed by atoms with E-state index in [-0.39, 0.29) is 18.9 Å². The summed E-state index contributed by atoms with van der Waals surface area (Å²) in [7, 11) is 0. The fourth-order valence-electron chi connectivity index (χ4n) is 9.46. The second-order valence-electron chi connectivity index (χ2n) is 20.7. The number of carbonyl (C=O) groups excluding carboxylic acids is 1. The summed E-state index contributed by atoms with van der Waals surface area (Å²) in [4.78, 5) is 13.3. The molecule has 3 aliphatic heterocycles. The summed E-state index contributed by atoms with van der Waals surface area (Å²) in [5, 5.41) is 120. The maximum absolute atomic E-state index is 13.3. The molecule has 3 aliphatic rings. The summed E-state index contributed by atoms with van der Waals surface area (Å²) in [6.45, 7) is 1.54. The molecule has 0 saturated carbocycles. The first-order valence-electron chi connectivity index (χ1n) is 29.2. The van der Waals surface area contributed by atoms with Crippen LogP contribution >= 0.6 is 0 Å². The maximum Gasteiger partial charge on any atom is 0.220 e. The first kappa shape index (κ1) is 69.5. The van der Waals surface area contributed by atoms with Crippen LogP contribution < -0.4 is 5.32 Å². The number of rotatable bonds is 41. The SMILES string of the molecule is CC/C=C\C/C=C\C/C=C\C/C=C\C/C=C\CCCC(=O)NC(COC1OC(CO)C(OC2OC(CO)C(OC3OC(CO)C(O)C(O)C3O)C(O)C2O)C(O)C1O)C(O)/C=C/CCCCCCCCCCCCCCCC. The molecule has 17 atom stereocenters. The predicted molar refractivity (Wildman–Crippen MR) is 295 cm³/mol. The highest BCUT2D eigenvalue weighted by atomic mass is 16.8. The summed E-state index contributed by atoms with van der Waals surface area (Å²) in [5.74, 6) is -0.336. The highest BCUT2D eigenvalue weighted by molar-refractivity contribution is 5.76. The van der Waals surface area contributed by atoms with Crippen molar-refractivity contribution in [2.45, 2.75) is 266 Å². The van der Waals surface area contributed by atoms with Crippen LogP contribution in [0.25, 0.3) is 0 Å². The third-order valence-electron chi connectivity index (χ3n) is 14.3. The molecule has 19 nitrogen and oxygen atoms in total. The highest BCUT2D eigenvalue weighted by Gasteiger charge is 2.53. The molecule has 78 heavy (non-hydrogen) atoms.